The highest BCUT2D eigenvalue weighted by molar-refractivity contribution is 5.19. The molecular weight excluding hydrogens is 228 g/mol. The Morgan fingerprint density at radius 1 is 1.33 bits per heavy atom. The molecule has 2 N–H and O–H groups in total. The van der Waals surface area contributed by atoms with Crippen LogP contribution in [-0.4, -0.2) is 17.8 Å². The summed E-state index contributed by atoms with van der Waals surface area (Å²) in [4.78, 5) is 0. The van der Waals surface area contributed by atoms with Gasteiger partial charge in [-0.15, -0.1) is 0 Å². The summed E-state index contributed by atoms with van der Waals surface area (Å²) in [5.74, 6) is 1.48. The highest BCUT2D eigenvalue weighted by atomic mass is 16.3. The summed E-state index contributed by atoms with van der Waals surface area (Å²) in [6.07, 6.45) is 5.89. The molecule has 2 unspecified atom stereocenters. The summed E-state index contributed by atoms with van der Waals surface area (Å²) in [5, 5.41) is 21.6. The van der Waals surface area contributed by atoms with Crippen molar-refractivity contribution in [3.8, 4) is 6.07 Å². The zero-order valence-corrected chi connectivity index (χ0v) is 10.6. The van der Waals surface area contributed by atoms with Gasteiger partial charge in [-0.3, -0.25) is 0 Å². The first-order valence-electron chi connectivity index (χ1n) is 6.66. The van der Waals surface area contributed by atoms with E-state index in [2.05, 4.69) is 5.32 Å². The van der Waals surface area contributed by atoms with Crippen LogP contribution in [-0.2, 0) is 6.54 Å². The van der Waals surface area contributed by atoms with E-state index in [9.17, 15) is 5.11 Å². The van der Waals surface area contributed by atoms with Crippen molar-refractivity contribution in [2.75, 3.05) is 6.61 Å². The van der Waals surface area contributed by atoms with Crippen molar-refractivity contribution in [3.63, 3.8) is 0 Å². The van der Waals surface area contributed by atoms with Crippen LogP contribution in [0.15, 0.2) is 16.5 Å². The van der Waals surface area contributed by atoms with Crippen molar-refractivity contribution in [2.45, 2.75) is 44.7 Å². The summed E-state index contributed by atoms with van der Waals surface area (Å²) in [5.41, 5.74) is 0. The lowest BCUT2D eigenvalue weighted by atomic mass is 9.95. The zero-order valence-electron chi connectivity index (χ0n) is 10.6. The monoisotopic (exact) mass is 248 g/mol. The van der Waals surface area contributed by atoms with E-state index in [0.717, 1.165) is 18.6 Å². The van der Waals surface area contributed by atoms with Gasteiger partial charge in [0.1, 0.15) is 11.8 Å². The van der Waals surface area contributed by atoms with Gasteiger partial charge in [0.2, 0.25) is 5.76 Å². The third-order valence-electron chi connectivity index (χ3n) is 3.70. The minimum atomic E-state index is 0.249. The fourth-order valence-electron chi connectivity index (χ4n) is 2.64. The van der Waals surface area contributed by atoms with Crippen molar-refractivity contribution >= 4 is 0 Å². The van der Waals surface area contributed by atoms with Gasteiger partial charge < -0.3 is 14.8 Å². The number of nitrogens with one attached hydrogen (secondary N) is 1. The SMILES string of the molecule is N#Cc1ccc(CNC2CCCCCC2CO)o1. The average molecular weight is 248 g/mol. The molecule has 1 aromatic heterocycles. The van der Waals surface area contributed by atoms with Crippen LogP contribution in [0.5, 0.6) is 0 Å². The number of nitriles is 1. The molecule has 0 spiro atoms. The lowest BCUT2D eigenvalue weighted by Gasteiger charge is -2.24. The standard InChI is InChI=1S/C14H20N2O2/c15-8-12-6-7-13(18-12)9-16-14-5-3-1-2-4-11(14)10-17/h6-7,11,14,16-17H,1-5,9-10H2. The fraction of sp³-hybridized carbons (Fsp3) is 0.643. The first kappa shape index (κ1) is 13.1. The molecule has 2 rings (SSSR count). The van der Waals surface area contributed by atoms with E-state index in [-0.39, 0.29) is 6.61 Å². The van der Waals surface area contributed by atoms with E-state index in [1.807, 2.05) is 12.1 Å². The fourth-order valence-corrected chi connectivity index (χ4v) is 2.64. The molecule has 0 bridgehead atoms. The van der Waals surface area contributed by atoms with E-state index in [1.165, 1.54) is 19.3 Å². The van der Waals surface area contributed by atoms with Gasteiger partial charge in [0, 0.05) is 12.6 Å². The number of hydrogen-bond acceptors (Lipinski definition) is 4. The zero-order chi connectivity index (χ0) is 12.8. The second kappa shape index (κ2) is 6.58. The predicted octanol–water partition coefficient (Wildman–Crippen LogP) is 2.18. The predicted molar refractivity (Wildman–Crippen MR) is 67.7 cm³/mol. The number of aliphatic hydroxyl groups excluding tert-OH is 1. The van der Waals surface area contributed by atoms with Crippen LogP contribution in [0, 0.1) is 17.2 Å². The summed E-state index contributed by atoms with van der Waals surface area (Å²) in [7, 11) is 0. The van der Waals surface area contributed by atoms with Crippen molar-refractivity contribution in [2.24, 2.45) is 5.92 Å². The second-order valence-corrected chi connectivity index (χ2v) is 4.95. The largest absolute Gasteiger partial charge is 0.449 e. The van der Waals surface area contributed by atoms with Crippen LogP contribution in [0.25, 0.3) is 0 Å². The Balaban J connectivity index is 1.89. The van der Waals surface area contributed by atoms with Crippen LogP contribution in [0.3, 0.4) is 0 Å². The molecule has 1 fully saturated rings. The van der Waals surface area contributed by atoms with Crippen LogP contribution in [0.1, 0.15) is 43.6 Å². The number of hydrogen-bond donors (Lipinski definition) is 2. The van der Waals surface area contributed by atoms with Gasteiger partial charge >= 0.3 is 0 Å². The molecule has 1 heterocycles. The van der Waals surface area contributed by atoms with Crippen molar-refractivity contribution in [3.05, 3.63) is 23.7 Å². The summed E-state index contributed by atoms with van der Waals surface area (Å²) in [6.45, 7) is 0.877. The van der Waals surface area contributed by atoms with Crippen LogP contribution >= 0.6 is 0 Å². The van der Waals surface area contributed by atoms with Crippen LogP contribution in [0.4, 0.5) is 0 Å². The number of rotatable bonds is 4. The first-order chi connectivity index (χ1) is 8.83. The maximum Gasteiger partial charge on any atom is 0.203 e. The van der Waals surface area contributed by atoms with Gasteiger partial charge in [0.15, 0.2) is 0 Å². The molecule has 1 saturated carbocycles. The van der Waals surface area contributed by atoms with Crippen LogP contribution in [0.2, 0.25) is 0 Å². The second-order valence-electron chi connectivity index (χ2n) is 4.95. The normalized spacial score (nSPS) is 24.4. The van der Waals surface area contributed by atoms with Gasteiger partial charge in [-0.1, -0.05) is 19.3 Å². The molecular formula is C14H20N2O2. The molecule has 1 aliphatic carbocycles. The quantitative estimate of drug-likeness (QED) is 0.801. The molecule has 0 aliphatic heterocycles. The van der Waals surface area contributed by atoms with Gasteiger partial charge in [0.05, 0.1) is 6.54 Å². The van der Waals surface area contributed by atoms with Crippen LogP contribution < -0.4 is 5.32 Å². The van der Waals surface area contributed by atoms with Gasteiger partial charge in [0.25, 0.3) is 0 Å². The Morgan fingerprint density at radius 3 is 2.89 bits per heavy atom. The molecule has 2 atom stereocenters. The Hall–Kier alpha value is -1.31. The van der Waals surface area contributed by atoms with Crippen molar-refractivity contribution in [1.29, 1.82) is 5.26 Å². The highest BCUT2D eigenvalue weighted by Gasteiger charge is 2.22. The Morgan fingerprint density at radius 2 is 2.17 bits per heavy atom. The molecule has 18 heavy (non-hydrogen) atoms. The van der Waals surface area contributed by atoms with Crippen molar-refractivity contribution < 1.29 is 9.52 Å². The van der Waals surface area contributed by atoms with E-state index in [1.54, 1.807) is 6.07 Å². The highest BCUT2D eigenvalue weighted by Crippen LogP contribution is 2.23. The van der Waals surface area contributed by atoms with E-state index in [0.29, 0.717) is 24.3 Å². The lowest BCUT2D eigenvalue weighted by molar-refractivity contribution is 0.179. The van der Waals surface area contributed by atoms with E-state index < -0.39 is 0 Å². The smallest absolute Gasteiger partial charge is 0.203 e. The van der Waals surface area contributed by atoms with Gasteiger partial charge in [-0.2, -0.15) is 5.26 Å². The molecule has 98 valence electrons. The lowest BCUT2D eigenvalue weighted by Crippen LogP contribution is -2.36. The van der Waals surface area contributed by atoms with Gasteiger partial charge in [-0.25, -0.2) is 0 Å². The van der Waals surface area contributed by atoms with Gasteiger partial charge in [-0.05, 0) is 30.9 Å². The maximum absolute atomic E-state index is 9.42. The number of furan rings is 1. The molecule has 1 aliphatic rings. The molecule has 4 heteroatoms. The molecule has 0 radical (unpaired) electrons. The summed E-state index contributed by atoms with van der Waals surface area (Å²) >= 11 is 0. The maximum atomic E-state index is 9.42. The minimum absolute atomic E-state index is 0.249. The average Bonchev–Trinajstić information content (AvgIpc) is 2.74. The van der Waals surface area contributed by atoms with Crippen molar-refractivity contribution in [1.82, 2.24) is 5.32 Å². The molecule has 0 saturated heterocycles. The van der Waals surface area contributed by atoms with E-state index >= 15 is 0 Å². The molecule has 0 aromatic carbocycles. The third-order valence-corrected chi connectivity index (χ3v) is 3.70. The third kappa shape index (κ3) is 3.34. The molecule has 1 aromatic rings. The Bertz CT molecular complexity index is 408. The Labute approximate surface area is 108 Å². The number of aliphatic hydroxyl groups is 1. The molecule has 0 amide bonds. The Kier molecular flexibility index (Phi) is 4.80. The first-order valence-corrected chi connectivity index (χ1v) is 6.66. The topological polar surface area (TPSA) is 69.2 Å². The summed E-state index contributed by atoms with van der Waals surface area (Å²) in [6, 6.07) is 5.85. The minimum Gasteiger partial charge on any atom is -0.449 e. The number of nitrogens with zero attached hydrogens (tertiary/aromatic N) is 1. The van der Waals surface area contributed by atoms with E-state index in [4.69, 9.17) is 9.68 Å². The summed E-state index contributed by atoms with van der Waals surface area (Å²) < 4.78 is 5.34. The molecule has 4 nitrogen and oxygen atoms in total.